The smallest absolute Gasteiger partial charge is 0.213 e. The molecular weight excluding hydrogens is 452 g/mol. The number of fused-ring (bicyclic) bond motifs is 1. The second-order valence-corrected chi connectivity index (χ2v) is 13.5. The van der Waals surface area contributed by atoms with E-state index in [1.54, 1.807) is 0 Å². The zero-order valence-electron chi connectivity index (χ0n) is 24.8. The van der Waals surface area contributed by atoms with Crippen LogP contribution in [0.5, 0.6) is 0 Å². The van der Waals surface area contributed by atoms with Crippen LogP contribution in [0.15, 0.2) is 42.5 Å². The Morgan fingerprint density at radius 2 is 1.22 bits per heavy atom. The summed E-state index contributed by atoms with van der Waals surface area (Å²) in [6.45, 7) is 24.3. The van der Waals surface area contributed by atoms with Crippen molar-refractivity contribution in [2.75, 3.05) is 0 Å². The van der Waals surface area contributed by atoms with E-state index in [9.17, 15) is 0 Å². The molecule has 0 radical (unpaired) electrons. The SMILES string of the molecule is Cc1cc(C(C)(C)C)cc(-c2cc(-c3nc(C(C)(C)C)nc(C(C)(C)C)n3)c3ccccc3[n+]2C)c1C. The molecule has 0 saturated heterocycles. The van der Waals surface area contributed by atoms with E-state index in [4.69, 9.17) is 15.0 Å². The van der Waals surface area contributed by atoms with Crippen LogP contribution in [0.4, 0.5) is 0 Å². The normalized spacial score (nSPS) is 12.9. The number of rotatable bonds is 2. The highest BCUT2D eigenvalue weighted by atomic mass is 15.1. The summed E-state index contributed by atoms with van der Waals surface area (Å²) >= 11 is 0. The number of para-hydroxylation sites is 1. The van der Waals surface area contributed by atoms with Gasteiger partial charge in [-0.1, -0.05) is 80.5 Å². The Hall–Kier alpha value is -3.14. The number of aryl methyl sites for hydroxylation is 2. The molecule has 0 spiro atoms. The highest BCUT2D eigenvalue weighted by molar-refractivity contribution is 5.92. The van der Waals surface area contributed by atoms with Gasteiger partial charge in [0.2, 0.25) is 11.2 Å². The molecule has 4 rings (SSSR count). The minimum atomic E-state index is -0.190. The van der Waals surface area contributed by atoms with Crippen molar-refractivity contribution in [3.8, 4) is 22.6 Å². The molecule has 0 amide bonds. The lowest BCUT2D eigenvalue weighted by Crippen LogP contribution is -2.33. The van der Waals surface area contributed by atoms with Crippen molar-refractivity contribution in [3.63, 3.8) is 0 Å². The second kappa shape index (κ2) is 9.01. The van der Waals surface area contributed by atoms with Gasteiger partial charge in [-0.05, 0) is 48.1 Å². The predicted molar refractivity (Wildman–Crippen MR) is 155 cm³/mol. The van der Waals surface area contributed by atoms with Crippen molar-refractivity contribution in [1.29, 1.82) is 0 Å². The summed E-state index contributed by atoms with van der Waals surface area (Å²) in [5.41, 5.74) is 8.23. The topological polar surface area (TPSA) is 42.6 Å². The quantitative estimate of drug-likeness (QED) is 0.268. The third-order valence-corrected chi connectivity index (χ3v) is 7.23. The lowest BCUT2D eigenvalue weighted by molar-refractivity contribution is -0.633. The molecule has 2 heterocycles. The van der Waals surface area contributed by atoms with E-state index in [0.717, 1.165) is 39.6 Å². The highest BCUT2D eigenvalue weighted by Crippen LogP contribution is 2.35. The molecule has 0 atom stereocenters. The van der Waals surface area contributed by atoms with Gasteiger partial charge in [0.05, 0.1) is 5.39 Å². The zero-order valence-corrected chi connectivity index (χ0v) is 24.8. The molecule has 2 aromatic carbocycles. The summed E-state index contributed by atoms with van der Waals surface area (Å²) < 4.78 is 2.31. The van der Waals surface area contributed by atoms with Gasteiger partial charge < -0.3 is 0 Å². The van der Waals surface area contributed by atoms with Crippen LogP contribution in [0, 0.1) is 13.8 Å². The van der Waals surface area contributed by atoms with Gasteiger partial charge in [0.15, 0.2) is 5.82 Å². The van der Waals surface area contributed by atoms with Gasteiger partial charge in [-0.25, -0.2) is 15.0 Å². The molecule has 4 aromatic rings. The molecule has 0 aliphatic heterocycles. The van der Waals surface area contributed by atoms with E-state index < -0.39 is 0 Å². The van der Waals surface area contributed by atoms with Crippen molar-refractivity contribution in [3.05, 3.63) is 70.8 Å². The fraction of sp³-hybridized carbons (Fsp3) is 0.455. The maximum atomic E-state index is 5.07. The number of nitrogens with zero attached hydrogens (tertiary/aromatic N) is 4. The Labute approximate surface area is 223 Å². The highest BCUT2D eigenvalue weighted by Gasteiger charge is 2.28. The minimum absolute atomic E-state index is 0.0584. The largest absolute Gasteiger partial charge is 0.217 e. The first-order chi connectivity index (χ1) is 17.0. The first-order valence-electron chi connectivity index (χ1n) is 13.3. The molecule has 0 fully saturated rings. The third-order valence-electron chi connectivity index (χ3n) is 7.23. The van der Waals surface area contributed by atoms with Gasteiger partial charge in [-0.15, -0.1) is 0 Å². The average Bonchev–Trinajstić information content (AvgIpc) is 2.79. The zero-order chi connectivity index (χ0) is 27.5. The van der Waals surface area contributed by atoms with Gasteiger partial charge in [0.25, 0.3) is 0 Å². The maximum absolute atomic E-state index is 5.07. The number of hydrogen-bond donors (Lipinski definition) is 0. The number of hydrogen-bond acceptors (Lipinski definition) is 3. The van der Waals surface area contributed by atoms with Gasteiger partial charge in [-0.2, -0.15) is 4.57 Å². The van der Waals surface area contributed by atoms with Crippen molar-refractivity contribution < 1.29 is 4.57 Å². The average molecular weight is 496 g/mol. The number of benzene rings is 2. The number of pyridine rings is 1. The molecule has 4 nitrogen and oxygen atoms in total. The second-order valence-electron chi connectivity index (χ2n) is 13.5. The molecule has 0 bridgehead atoms. The monoisotopic (exact) mass is 495 g/mol. The van der Waals surface area contributed by atoms with E-state index >= 15 is 0 Å². The molecule has 0 saturated carbocycles. The van der Waals surface area contributed by atoms with Crippen LogP contribution in [0.1, 0.15) is 90.7 Å². The molecule has 0 unspecified atom stereocenters. The predicted octanol–water partition coefficient (Wildman–Crippen LogP) is 7.69. The summed E-state index contributed by atoms with van der Waals surface area (Å²) in [6.07, 6.45) is 0. The van der Waals surface area contributed by atoms with Crippen LogP contribution in [0.25, 0.3) is 33.5 Å². The Kier molecular flexibility index (Phi) is 6.55. The van der Waals surface area contributed by atoms with Crippen LogP contribution in [-0.4, -0.2) is 15.0 Å². The Morgan fingerprint density at radius 3 is 1.76 bits per heavy atom. The standard InChI is InChI=1S/C33H43N4/c1-20-17-22(31(3,4)5)18-24(21(20)2)27-19-25(23-15-13-14-16-26(23)37(27)12)28-34-29(32(6,7)8)36-30(35-28)33(9,10)11/h13-19H,1-12H3/q+1. The Bertz CT molecular complexity index is 1460. The van der Waals surface area contributed by atoms with Gasteiger partial charge in [0, 0.05) is 34.1 Å². The van der Waals surface area contributed by atoms with Crippen LogP contribution in [-0.2, 0) is 23.3 Å². The van der Waals surface area contributed by atoms with Crippen molar-refractivity contribution in [2.24, 2.45) is 7.05 Å². The fourth-order valence-corrected chi connectivity index (χ4v) is 4.60. The van der Waals surface area contributed by atoms with E-state index in [2.05, 4.69) is 130 Å². The van der Waals surface area contributed by atoms with Crippen molar-refractivity contribution >= 4 is 10.9 Å². The summed E-state index contributed by atoms with van der Waals surface area (Å²) in [5, 5.41) is 1.14. The molecule has 37 heavy (non-hydrogen) atoms. The third kappa shape index (κ3) is 5.16. The Morgan fingerprint density at radius 1 is 0.649 bits per heavy atom. The lowest BCUT2D eigenvalue weighted by atomic mass is 9.83. The summed E-state index contributed by atoms with van der Waals surface area (Å²) in [7, 11) is 2.16. The van der Waals surface area contributed by atoms with Gasteiger partial charge >= 0.3 is 0 Å². The molecule has 4 heteroatoms. The molecule has 0 aliphatic carbocycles. The first-order valence-corrected chi connectivity index (χ1v) is 13.3. The van der Waals surface area contributed by atoms with Gasteiger partial charge in [-0.3, -0.25) is 0 Å². The molecule has 0 aliphatic rings. The Balaban J connectivity index is 2.12. The maximum Gasteiger partial charge on any atom is 0.213 e. The fourth-order valence-electron chi connectivity index (χ4n) is 4.60. The summed E-state index contributed by atoms with van der Waals surface area (Å²) in [4.78, 5) is 15.1. The van der Waals surface area contributed by atoms with E-state index in [1.165, 1.54) is 22.3 Å². The van der Waals surface area contributed by atoms with Crippen LogP contribution >= 0.6 is 0 Å². The van der Waals surface area contributed by atoms with E-state index in [1.807, 2.05) is 0 Å². The van der Waals surface area contributed by atoms with Crippen LogP contribution in [0.3, 0.4) is 0 Å². The number of aromatic nitrogens is 4. The first kappa shape index (κ1) is 26.9. The summed E-state index contributed by atoms with van der Waals surface area (Å²) in [5.74, 6) is 2.38. The van der Waals surface area contributed by atoms with E-state index in [0.29, 0.717) is 0 Å². The van der Waals surface area contributed by atoms with E-state index in [-0.39, 0.29) is 16.2 Å². The minimum Gasteiger partial charge on any atom is -0.217 e. The van der Waals surface area contributed by atoms with Crippen LogP contribution in [0.2, 0.25) is 0 Å². The van der Waals surface area contributed by atoms with Gasteiger partial charge in [0.1, 0.15) is 18.7 Å². The lowest BCUT2D eigenvalue weighted by Gasteiger charge is -2.23. The molecule has 194 valence electrons. The summed E-state index contributed by atoms with van der Waals surface area (Å²) in [6, 6.07) is 15.5. The van der Waals surface area contributed by atoms with Crippen molar-refractivity contribution in [1.82, 2.24) is 15.0 Å². The molecule has 0 N–H and O–H groups in total. The van der Waals surface area contributed by atoms with Crippen molar-refractivity contribution in [2.45, 2.75) is 92.4 Å². The van der Waals surface area contributed by atoms with Crippen LogP contribution < -0.4 is 4.57 Å². The molecule has 2 aromatic heterocycles. The molecular formula is C33H43N4+.